The zero-order valence-corrected chi connectivity index (χ0v) is 13.9. The first-order valence-electron chi connectivity index (χ1n) is 3.68. The summed E-state index contributed by atoms with van der Waals surface area (Å²) in [5, 5.41) is 0. The van der Waals surface area contributed by atoms with Crippen LogP contribution in [-0.2, 0) is 23.3 Å². The van der Waals surface area contributed by atoms with Crippen LogP contribution in [0.1, 0.15) is 22.3 Å². The molecular formula is C9H15Cl2SiZr-. The molecule has 13 heavy (non-hydrogen) atoms. The van der Waals surface area contributed by atoms with E-state index in [0.29, 0.717) is 0 Å². The first-order chi connectivity index (χ1) is 5.13. The van der Waals surface area contributed by atoms with Crippen molar-refractivity contribution in [2.75, 3.05) is 0 Å². The molecule has 0 N–H and O–H groups in total. The summed E-state index contributed by atoms with van der Waals surface area (Å²) < 4.78 is 0. The molecule has 74 valence electrons. The molecule has 0 unspecified atom stereocenters. The fourth-order valence-corrected chi connectivity index (χ4v) is 1.13. The average Bonchev–Trinajstić information content (AvgIpc) is 2.22. The predicted octanol–water partition coefficient (Wildman–Crippen LogP) is -4.27. The Kier molecular flexibility index (Phi) is 14.4. The van der Waals surface area contributed by atoms with E-state index in [4.69, 9.17) is 0 Å². The van der Waals surface area contributed by atoms with Gasteiger partial charge in [0.1, 0.15) is 0 Å². The minimum atomic E-state index is 0. The topological polar surface area (TPSA) is 0 Å². The van der Waals surface area contributed by atoms with E-state index in [1.54, 1.807) is 23.3 Å². The van der Waals surface area contributed by atoms with Crippen LogP contribution in [-0.4, -0.2) is 6.88 Å². The van der Waals surface area contributed by atoms with Gasteiger partial charge in [-0.3, -0.25) is 0 Å². The minimum absolute atomic E-state index is 0. The molecule has 0 aliphatic carbocycles. The third-order valence-electron chi connectivity index (χ3n) is 2.18. The van der Waals surface area contributed by atoms with Crippen LogP contribution >= 0.6 is 0 Å². The van der Waals surface area contributed by atoms with Gasteiger partial charge in [0.05, 0.1) is 0 Å². The molecule has 0 aliphatic rings. The van der Waals surface area contributed by atoms with Crippen LogP contribution in [0.4, 0.5) is 0 Å². The second kappa shape index (κ2) is 9.58. The van der Waals surface area contributed by atoms with Crippen LogP contribution in [0.2, 0.25) is 0 Å². The molecule has 1 rings (SSSR count). The summed E-state index contributed by atoms with van der Waals surface area (Å²) in [5.41, 5.74) is 5.75. The van der Waals surface area contributed by atoms with E-state index in [1.165, 1.54) is 22.3 Å². The Balaban J connectivity index is -0.000000234. The van der Waals surface area contributed by atoms with E-state index >= 15 is 0 Å². The molecule has 0 saturated carbocycles. The average molecular weight is 313 g/mol. The van der Waals surface area contributed by atoms with Crippen molar-refractivity contribution in [1.82, 2.24) is 0 Å². The van der Waals surface area contributed by atoms with Crippen LogP contribution in [0.25, 0.3) is 0 Å². The standard InChI is InChI=1S/C9H13.2ClH.H2Si.Zr/c1-6-5-7(2)9(4)8(6)3;;;;/h5H,1-4H3;2*1H;1H2;/q-1;;;;+2/p-2. The van der Waals surface area contributed by atoms with E-state index in [1.807, 2.05) is 6.88 Å². The summed E-state index contributed by atoms with van der Waals surface area (Å²) >= 11 is 1.58. The number of hydrogen-bond acceptors (Lipinski definition) is 0. The molecule has 0 amide bonds. The van der Waals surface area contributed by atoms with E-state index in [2.05, 4.69) is 33.8 Å². The first kappa shape index (κ1) is 19.6. The molecule has 0 bridgehead atoms. The van der Waals surface area contributed by atoms with Crippen molar-refractivity contribution in [1.29, 1.82) is 0 Å². The zero-order valence-electron chi connectivity index (χ0n) is 8.54. The van der Waals surface area contributed by atoms with Crippen molar-refractivity contribution in [2.24, 2.45) is 0 Å². The van der Waals surface area contributed by atoms with Gasteiger partial charge in [0.2, 0.25) is 0 Å². The van der Waals surface area contributed by atoms with E-state index < -0.39 is 0 Å². The molecule has 0 fully saturated rings. The Bertz CT molecular complexity index is 224. The molecule has 0 spiro atoms. The molecule has 0 aromatic heterocycles. The van der Waals surface area contributed by atoms with Gasteiger partial charge in [-0.1, -0.05) is 27.7 Å². The second-order valence-electron chi connectivity index (χ2n) is 2.76. The van der Waals surface area contributed by atoms with Crippen LogP contribution in [0.5, 0.6) is 0 Å². The summed E-state index contributed by atoms with van der Waals surface area (Å²) in [6.45, 7) is 10.6. The summed E-state index contributed by atoms with van der Waals surface area (Å²) in [6.07, 6.45) is 0. The van der Waals surface area contributed by atoms with Gasteiger partial charge >= 0.3 is 30.2 Å². The Morgan fingerprint density at radius 2 is 1.54 bits per heavy atom. The molecule has 1 aromatic rings. The Hall–Kier alpha value is 1.03. The van der Waals surface area contributed by atoms with Crippen molar-refractivity contribution in [3.63, 3.8) is 0 Å². The van der Waals surface area contributed by atoms with Gasteiger partial charge in [-0.25, -0.2) is 0 Å². The van der Waals surface area contributed by atoms with Gasteiger partial charge in [-0.2, -0.15) is 28.3 Å². The summed E-state index contributed by atoms with van der Waals surface area (Å²) in [5.74, 6) is 0. The van der Waals surface area contributed by atoms with E-state index in [9.17, 15) is 0 Å². The van der Waals surface area contributed by atoms with Gasteiger partial charge in [0.15, 0.2) is 0 Å². The Morgan fingerprint density at radius 1 is 1.15 bits per heavy atom. The fraction of sp³-hybridized carbons (Fsp3) is 0.444. The summed E-state index contributed by atoms with van der Waals surface area (Å²) in [7, 11) is 0. The number of halogens is 2. The van der Waals surface area contributed by atoms with E-state index in [0.717, 1.165) is 0 Å². The Labute approximate surface area is 110 Å². The van der Waals surface area contributed by atoms with Gasteiger partial charge in [-0.05, 0) is 0 Å². The molecule has 0 nitrogen and oxygen atoms in total. The summed E-state index contributed by atoms with van der Waals surface area (Å²) in [4.78, 5) is 0. The van der Waals surface area contributed by atoms with Crippen molar-refractivity contribution >= 4 is 6.88 Å². The van der Waals surface area contributed by atoms with Crippen LogP contribution in [0, 0.1) is 27.7 Å². The molecular weight excluding hydrogens is 298 g/mol. The monoisotopic (exact) mass is 311 g/mol. The van der Waals surface area contributed by atoms with Crippen molar-refractivity contribution < 1.29 is 48.1 Å². The first-order valence-corrected chi connectivity index (χ1v) is 9.60. The maximum absolute atomic E-state index is 2.24. The molecule has 0 aliphatic heterocycles. The second-order valence-corrected chi connectivity index (χ2v) is 2.76. The Morgan fingerprint density at radius 3 is 1.62 bits per heavy atom. The van der Waals surface area contributed by atoms with Gasteiger partial charge in [0.25, 0.3) is 0 Å². The van der Waals surface area contributed by atoms with Gasteiger partial charge < -0.3 is 24.8 Å². The van der Waals surface area contributed by atoms with Gasteiger partial charge in [0, 0.05) is 0 Å². The molecule has 0 atom stereocenters. The van der Waals surface area contributed by atoms with E-state index in [-0.39, 0.29) is 24.8 Å². The quantitative estimate of drug-likeness (QED) is 0.336. The number of hydrogen-bond donors (Lipinski definition) is 0. The van der Waals surface area contributed by atoms with Crippen LogP contribution in [0.15, 0.2) is 6.07 Å². The third-order valence-corrected chi connectivity index (χ3v) is 2.18. The van der Waals surface area contributed by atoms with Crippen LogP contribution < -0.4 is 24.8 Å². The number of rotatable bonds is 0. The SMILES string of the molecule is Cc1c[c-](C)c(C)c1C.[Cl-].[Cl-].[SiH2]=[Zr+2]. The van der Waals surface area contributed by atoms with Crippen molar-refractivity contribution in [3.8, 4) is 0 Å². The summed E-state index contributed by atoms with van der Waals surface area (Å²) in [6, 6.07) is 2.24. The predicted molar refractivity (Wildman–Crippen MR) is 49.5 cm³/mol. The molecule has 0 heterocycles. The van der Waals surface area contributed by atoms with Crippen molar-refractivity contribution in [3.05, 3.63) is 28.3 Å². The fourth-order valence-electron chi connectivity index (χ4n) is 1.13. The normalized spacial score (nSPS) is 7.54. The third kappa shape index (κ3) is 5.47. The van der Waals surface area contributed by atoms with Crippen LogP contribution in [0.3, 0.4) is 0 Å². The molecule has 0 radical (unpaired) electrons. The molecule has 0 saturated heterocycles. The van der Waals surface area contributed by atoms with Gasteiger partial charge in [-0.15, -0.1) is 0 Å². The molecule has 4 heteroatoms. The molecule has 1 aromatic carbocycles. The maximum atomic E-state index is 2.24. The van der Waals surface area contributed by atoms with Crippen molar-refractivity contribution in [2.45, 2.75) is 27.7 Å². The number of aryl methyl sites for hydroxylation is 2. The zero-order chi connectivity index (χ0) is 9.02.